The normalized spacial score (nSPS) is 16.1. The van der Waals surface area contributed by atoms with Crippen LogP contribution in [-0.2, 0) is 13.1 Å². The SMILES string of the molecule is CCCn1nnnc1CN1CCN(c2ncnc3sccc23)CC1. The van der Waals surface area contributed by atoms with E-state index in [-0.39, 0.29) is 0 Å². The van der Waals surface area contributed by atoms with Crippen LogP contribution in [0.25, 0.3) is 10.2 Å². The third-order valence-corrected chi connectivity index (χ3v) is 5.14. The van der Waals surface area contributed by atoms with Gasteiger partial charge in [-0.2, -0.15) is 0 Å². The predicted octanol–water partition coefficient (Wildman–Crippen LogP) is 1.41. The molecule has 3 aromatic heterocycles. The van der Waals surface area contributed by atoms with E-state index in [4.69, 9.17) is 0 Å². The van der Waals surface area contributed by atoms with Gasteiger partial charge in [0.25, 0.3) is 0 Å². The van der Waals surface area contributed by atoms with Gasteiger partial charge in [0.05, 0.1) is 11.9 Å². The number of thiophene rings is 1. The molecule has 24 heavy (non-hydrogen) atoms. The second-order valence-electron chi connectivity index (χ2n) is 5.92. The van der Waals surface area contributed by atoms with Gasteiger partial charge in [0.15, 0.2) is 5.82 Å². The Labute approximate surface area is 144 Å². The minimum absolute atomic E-state index is 0.804. The molecule has 0 spiro atoms. The summed E-state index contributed by atoms with van der Waals surface area (Å²) in [6.45, 7) is 7.69. The number of nitrogens with zero attached hydrogens (tertiary/aromatic N) is 8. The van der Waals surface area contributed by atoms with E-state index in [0.29, 0.717) is 0 Å². The lowest BCUT2D eigenvalue weighted by atomic mass is 10.2. The van der Waals surface area contributed by atoms with Crippen molar-refractivity contribution < 1.29 is 0 Å². The molecular weight excluding hydrogens is 324 g/mol. The summed E-state index contributed by atoms with van der Waals surface area (Å²) in [6.07, 6.45) is 2.70. The summed E-state index contributed by atoms with van der Waals surface area (Å²) in [6, 6.07) is 2.11. The second-order valence-corrected chi connectivity index (χ2v) is 6.81. The van der Waals surface area contributed by atoms with E-state index in [1.165, 1.54) is 0 Å². The zero-order chi connectivity index (χ0) is 16.4. The molecule has 126 valence electrons. The summed E-state index contributed by atoms with van der Waals surface area (Å²) in [5, 5.41) is 15.3. The van der Waals surface area contributed by atoms with Gasteiger partial charge in [0.1, 0.15) is 17.0 Å². The third-order valence-electron chi connectivity index (χ3n) is 4.32. The molecule has 9 heteroatoms. The van der Waals surface area contributed by atoms with Crippen molar-refractivity contribution in [3.8, 4) is 0 Å². The van der Waals surface area contributed by atoms with Crippen molar-refractivity contribution in [3.63, 3.8) is 0 Å². The summed E-state index contributed by atoms with van der Waals surface area (Å²) < 4.78 is 1.91. The smallest absolute Gasteiger partial charge is 0.165 e. The van der Waals surface area contributed by atoms with E-state index in [1.807, 2.05) is 4.68 Å². The van der Waals surface area contributed by atoms with Crippen LogP contribution in [0.1, 0.15) is 19.2 Å². The maximum atomic E-state index is 4.51. The second kappa shape index (κ2) is 6.78. The third kappa shape index (κ3) is 2.96. The lowest BCUT2D eigenvalue weighted by Gasteiger charge is -2.35. The Hall–Kier alpha value is -2.13. The molecule has 0 N–H and O–H groups in total. The van der Waals surface area contributed by atoms with Gasteiger partial charge in [-0.05, 0) is 28.3 Å². The van der Waals surface area contributed by atoms with Gasteiger partial charge >= 0.3 is 0 Å². The topological polar surface area (TPSA) is 75.9 Å². The Kier molecular flexibility index (Phi) is 4.35. The molecule has 8 nitrogen and oxygen atoms in total. The number of piperazine rings is 1. The summed E-state index contributed by atoms with van der Waals surface area (Å²) in [5.41, 5.74) is 0. The molecule has 0 atom stereocenters. The molecule has 1 saturated heterocycles. The monoisotopic (exact) mass is 344 g/mol. The van der Waals surface area contributed by atoms with Crippen molar-refractivity contribution in [1.82, 2.24) is 35.1 Å². The zero-order valence-corrected chi connectivity index (χ0v) is 14.5. The van der Waals surface area contributed by atoms with Gasteiger partial charge in [-0.15, -0.1) is 16.4 Å². The molecule has 0 aromatic carbocycles. The molecule has 4 heterocycles. The molecule has 3 aromatic rings. The Morgan fingerprint density at radius 1 is 1.17 bits per heavy atom. The fourth-order valence-corrected chi connectivity index (χ4v) is 3.80. The quantitative estimate of drug-likeness (QED) is 0.692. The zero-order valence-electron chi connectivity index (χ0n) is 13.7. The number of anilines is 1. The summed E-state index contributed by atoms with van der Waals surface area (Å²) in [7, 11) is 0. The Morgan fingerprint density at radius 2 is 2.04 bits per heavy atom. The average Bonchev–Trinajstić information content (AvgIpc) is 3.25. The van der Waals surface area contributed by atoms with Crippen molar-refractivity contribution in [2.24, 2.45) is 0 Å². The maximum Gasteiger partial charge on any atom is 0.165 e. The van der Waals surface area contributed by atoms with Gasteiger partial charge in [-0.3, -0.25) is 4.90 Å². The van der Waals surface area contributed by atoms with Crippen LogP contribution in [0.2, 0.25) is 0 Å². The number of hydrogen-bond acceptors (Lipinski definition) is 8. The Morgan fingerprint density at radius 3 is 2.88 bits per heavy atom. The Balaban J connectivity index is 1.42. The molecule has 1 fully saturated rings. The molecule has 0 aliphatic carbocycles. The van der Waals surface area contributed by atoms with E-state index in [2.05, 4.69) is 53.7 Å². The molecule has 0 amide bonds. The Bertz CT molecular complexity index is 805. The molecule has 1 aliphatic heterocycles. The molecule has 0 saturated carbocycles. The van der Waals surface area contributed by atoms with Crippen LogP contribution in [-0.4, -0.2) is 61.3 Å². The lowest BCUT2D eigenvalue weighted by Crippen LogP contribution is -2.46. The number of rotatable bonds is 5. The fraction of sp³-hybridized carbons (Fsp3) is 0.533. The molecule has 4 rings (SSSR count). The minimum Gasteiger partial charge on any atom is -0.353 e. The first-order valence-electron chi connectivity index (χ1n) is 8.25. The average molecular weight is 344 g/mol. The maximum absolute atomic E-state index is 4.51. The van der Waals surface area contributed by atoms with Crippen molar-refractivity contribution in [3.05, 3.63) is 23.6 Å². The molecular formula is C15H20N8S. The highest BCUT2D eigenvalue weighted by molar-refractivity contribution is 7.16. The predicted molar refractivity (Wildman–Crippen MR) is 93.0 cm³/mol. The van der Waals surface area contributed by atoms with Crippen molar-refractivity contribution in [2.45, 2.75) is 26.4 Å². The lowest BCUT2D eigenvalue weighted by molar-refractivity contribution is 0.238. The number of tetrazole rings is 1. The van der Waals surface area contributed by atoms with E-state index in [0.717, 1.165) is 67.5 Å². The van der Waals surface area contributed by atoms with Crippen LogP contribution >= 0.6 is 11.3 Å². The fourth-order valence-electron chi connectivity index (χ4n) is 3.07. The molecule has 1 aliphatic rings. The van der Waals surface area contributed by atoms with Crippen LogP contribution in [0.5, 0.6) is 0 Å². The van der Waals surface area contributed by atoms with Crippen LogP contribution in [0.4, 0.5) is 5.82 Å². The largest absolute Gasteiger partial charge is 0.353 e. The highest BCUT2D eigenvalue weighted by Crippen LogP contribution is 2.27. The van der Waals surface area contributed by atoms with Gasteiger partial charge in [0.2, 0.25) is 0 Å². The first-order valence-corrected chi connectivity index (χ1v) is 9.13. The molecule has 0 unspecified atom stereocenters. The first kappa shape index (κ1) is 15.4. The van der Waals surface area contributed by atoms with Gasteiger partial charge in [-0.1, -0.05) is 6.92 Å². The summed E-state index contributed by atoms with van der Waals surface area (Å²) in [5.74, 6) is 2.00. The van der Waals surface area contributed by atoms with E-state index in [1.54, 1.807) is 17.7 Å². The number of hydrogen-bond donors (Lipinski definition) is 0. The van der Waals surface area contributed by atoms with Crippen molar-refractivity contribution >= 4 is 27.4 Å². The van der Waals surface area contributed by atoms with Crippen LogP contribution in [0.3, 0.4) is 0 Å². The highest BCUT2D eigenvalue weighted by Gasteiger charge is 2.21. The van der Waals surface area contributed by atoms with Gasteiger partial charge < -0.3 is 4.90 Å². The summed E-state index contributed by atoms with van der Waals surface area (Å²) in [4.78, 5) is 14.7. The molecule has 0 bridgehead atoms. The van der Waals surface area contributed by atoms with Gasteiger partial charge in [-0.25, -0.2) is 14.6 Å². The van der Waals surface area contributed by atoms with E-state index < -0.39 is 0 Å². The number of fused-ring (bicyclic) bond motifs is 1. The van der Waals surface area contributed by atoms with Crippen molar-refractivity contribution in [2.75, 3.05) is 31.1 Å². The first-order chi connectivity index (χ1) is 11.8. The number of aryl methyl sites for hydroxylation is 1. The molecule has 0 radical (unpaired) electrons. The van der Waals surface area contributed by atoms with E-state index >= 15 is 0 Å². The van der Waals surface area contributed by atoms with Crippen LogP contribution < -0.4 is 4.90 Å². The number of aromatic nitrogens is 6. The van der Waals surface area contributed by atoms with Gasteiger partial charge in [0, 0.05) is 32.7 Å². The van der Waals surface area contributed by atoms with E-state index in [9.17, 15) is 0 Å². The van der Waals surface area contributed by atoms with Crippen molar-refractivity contribution in [1.29, 1.82) is 0 Å². The van der Waals surface area contributed by atoms with Crippen LogP contribution in [0, 0.1) is 0 Å². The summed E-state index contributed by atoms with van der Waals surface area (Å²) >= 11 is 1.66. The standard InChI is InChI=1S/C15H20N8S/c1-2-4-23-13(18-19-20-23)10-21-5-7-22(8-6-21)14-12-3-9-24-15(12)17-11-16-14/h3,9,11H,2,4-8,10H2,1H3. The minimum atomic E-state index is 0.804. The van der Waals surface area contributed by atoms with Crippen LogP contribution in [0.15, 0.2) is 17.8 Å². The highest BCUT2D eigenvalue weighted by atomic mass is 32.1.